The van der Waals surface area contributed by atoms with Crippen LogP contribution in [0.25, 0.3) is 0 Å². The monoisotopic (exact) mass is 552 g/mol. The first-order chi connectivity index (χ1) is 16.8. The third kappa shape index (κ3) is 6.99. The molecule has 2 heterocycles. The standard InChI is InChI=1S/2C16H26NO.Fe/c2*1-11(2)16(18,12(3)4)15-13(5)17(15)10-14-8-6-7-9-14;/h2*6-9,11-13,15,18H,10H2,1-5H3;/q;;+2/t2*13-,15-,17?;/m00./s1. The van der Waals surface area contributed by atoms with Crippen LogP contribution in [0.3, 0.4) is 0 Å². The molecule has 5 heteroatoms. The Labute approximate surface area is 241 Å². The van der Waals surface area contributed by atoms with Gasteiger partial charge in [-0.3, -0.25) is 9.80 Å². The zero-order valence-electron chi connectivity index (χ0n) is 24.8. The van der Waals surface area contributed by atoms with Crippen LogP contribution < -0.4 is 0 Å². The van der Waals surface area contributed by atoms with Gasteiger partial charge in [-0.1, -0.05) is 55.4 Å². The van der Waals surface area contributed by atoms with Crippen LogP contribution in [0.5, 0.6) is 0 Å². The molecule has 0 aromatic rings. The van der Waals surface area contributed by atoms with Crippen molar-refractivity contribution in [3.8, 4) is 0 Å². The van der Waals surface area contributed by atoms with E-state index in [1.54, 1.807) is 0 Å². The minimum Gasteiger partial charge on any atom is -0.388 e. The Morgan fingerprint density at radius 3 is 1.05 bits per heavy atom. The van der Waals surface area contributed by atoms with Gasteiger partial charge >= 0.3 is 17.1 Å². The summed E-state index contributed by atoms with van der Waals surface area (Å²) in [5, 5.41) is 22.1. The summed E-state index contributed by atoms with van der Waals surface area (Å²) in [7, 11) is 0. The van der Waals surface area contributed by atoms with Gasteiger partial charge in [0.2, 0.25) is 0 Å². The van der Waals surface area contributed by atoms with E-state index in [1.807, 2.05) is 0 Å². The summed E-state index contributed by atoms with van der Waals surface area (Å²) in [6, 6.07) is 1.56. The van der Waals surface area contributed by atoms with Crippen molar-refractivity contribution >= 4 is 0 Å². The van der Waals surface area contributed by atoms with E-state index in [2.05, 4.69) is 130 Å². The maximum atomic E-state index is 11.0. The molecule has 6 atom stereocenters. The van der Waals surface area contributed by atoms with Crippen LogP contribution in [0, 0.1) is 86.9 Å². The van der Waals surface area contributed by atoms with E-state index in [-0.39, 0.29) is 40.7 Å². The second kappa shape index (κ2) is 13.3. The van der Waals surface area contributed by atoms with E-state index >= 15 is 0 Å². The second-order valence-corrected chi connectivity index (χ2v) is 12.7. The van der Waals surface area contributed by atoms with Crippen LogP contribution >= 0.6 is 0 Å². The van der Waals surface area contributed by atoms with Crippen molar-refractivity contribution in [2.45, 2.75) is 105 Å². The van der Waals surface area contributed by atoms with Crippen molar-refractivity contribution in [3.63, 3.8) is 0 Å². The number of aliphatic hydroxyl groups is 2. The molecule has 4 rings (SSSR count). The summed E-state index contributed by atoms with van der Waals surface area (Å²) in [5.74, 6) is 3.84. The molecule has 4 fully saturated rings. The summed E-state index contributed by atoms with van der Waals surface area (Å²) in [6.07, 6.45) is 17.0. The average molecular weight is 553 g/mol. The summed E-state index contributed by atoms with van der Waals surface area (Å²) >= 11 is 0. The quantitative estimate of drug-likeness (QED) is 0.296. The SMILES string of the molecule is CC(C)C(O)(C(C)C)[C@@H]1[C@H](C)N1C[C]1[CH][CH][CH][CH]1.CC(C)C(O)(C(C)C)[C@@H]1[C@H](C)N1C[C]1[CH][CH][CH][CH]1.[Fe+2]. The molecule has 0 aromatic heterocycles. The predicted molar refractivity (Wildman–Crippen MR) is 150 cm³/mol. The predicted octanol–water partition coefficient (Wildman–Crippen LogP) is 5.01. The third-order valence-electron chi connectivity index (χ3n) is 9.34. The van der Waals surface area contributed by atoms with Crippen molar-refractivity contribution in [2.75, 3.05) is 13.1 Å². The van der Waals surface area contributed by atoms with Gasteiger partial charge in [0.25, 0.3) is 0 Å². The Balaban J connectivity index is 0.000000253. The Kier molecular flexibility index (Phi) is 12.1. The number of hydrogen-bond acceptors (Lipinski definition) is 4. The van der Waals surface area contributed by atoms with Crippen LogP contribution in [0.4, 0.5) is 0 Å². The Morgan fingerprint density at radius 1 is 0.595 bits per heavy atom. The molecule has 0 amide bonds. The number of hydrogen-bond donors (Lipinski definition) is 2. The van der Waals surface area contributed by atoms with Crippen molar-refractivity contribution in [1.29, 1.82) is 0 Å². The molecule has 0 aromatic carbocycles. The minimum absolute atomic E-state index is 0. The fourth-order valence-electron chi connectivity index (χ4n) is 6.77. The van der Waals surface area contributed by atoms with Crippen molar-refractivity contribution < 1.29 is 27.3 Å². The second-order valence-electron chi connectivity index (χ2n) is 12.7. The fourth-order valence-corrected chi connectivity index (χ4v) is 6.77. The molecule has 37 heavy (non-hydrogen) atoms. The van der Waals surface area contributed by atoms with Gasteiger partial charge in [-0.2, -0.15) is 0 Å². The largest absolute Gasteiger partial charge is 2.00 e. The molecule has 2 saturated carbocycles. The van der Waals surface area contributed by atoms with Crippen molar-refractivity contribution in [1.82, 2.24) is 9.80 Å². The average Bonchev–Trinajstić information content (AvgIpc) is 3.37. The number of nitrogens with zero attached hydrogens (tertiary/aromatic N) is 2. The van der Waals surface area contributed by atoms with Gasteiger partial charge in [-0.25, -0.2) is 0 Å². The van der Waals surface area contributed by atoms with E-state index in [1.165, 1.54) is 11.8 Å². The van der Waals surface area contributed by atoms with Gasteiger partial charge in [-0.15, -0.1) is 0 Å². The van der Waals surface area contributed by atoms with Crippen LogP contribution in [0.15, 0.2) is 0 Å². The zero-order chi connectivity index (χ0) is 27.0. The van der Waals surface area contributed by atoms with Crippen LogP contribution in [0.1, 0.15) is 69.2 Å². The normalized spacial score (nSPS) is 32.8. The molecule has 0 bridgehead atoms. The molecule has 2 aliphatic carbocycles. The van der Waals surface area contributed by atoms with Gasteiger partial charge in [0.05, 0.1) is 23.3 Å². The van der Waals surface area contributed by atoms with E-state index in [4.69, 9.17) is 0 Å². The number of rotatable bonds is 10. The molecular formula is C32H52FeN2O2+2. The van der Waals surface area contributed by atoms with Gasteiger partial charge in [0, 0.05) is 25.2 Å². The Hall–Kier alpha value is 0.359. The Bertz CT molecular complexity index is 610. The molecule has 2 unspecified atom stereocenters. The summed E-state index contributed by atoms with van der Waals surface area (Å²) in [6.45, 7) is 23.4. The molecule has 4 aliphatic rings. The summed E-state index contributed by atoms with van der Waals surface area (Å²) < 4.78 is 0. The molecule has 4 nitrogen and oxygen atoms in total. The maximum absolute atomic E-state index is 11.0. The van der Waals surface area contributed by atoms with Crippen molar-refractivity contribution in [2.24, 2.45) is 23.7 Å². The van der Waals surface area contributed by atoms with Gasteiger partial charge in [0.15, 0.2) is 0 Å². The first kappa shape index (κ1) is 33.6. The molecule has 2 N–H and O–H groups in total. The maximum Gasteiger partial charge on any atom is 2.00 e. The van der Waals surface area contributed by atoms with Gasteiger partial charge < -0.3 is 10.2 Å². The summed E-state index contributed by atoms with van der Waals surface area (Å²) in [4.78, 5) is 4.82. The zero-order valence-corrected chi connectivity index (χ0v) is 25.9. The smallest absolute Gasteiger partial charge is 0.388 e. The van der Waals surface area contributed by atoms with Gasteiger partial charge in [0.1, 0.15) is 0 Å². The first-order valence-corrected chi connectivity index (χ1v) is 14.1. The molecule has 208 valence electrons. The third-order valence-corrected chi connectivity index (χ3v) is 9.34. The Morgan fingerprint density at radius 2 is 0.838 bits per heavy atom. The molecule has 2 aliphatic heterocycles. The van der Waals surface area contributed by atoms with E-state index in [9.17, 15) is 10.2 Å². The van der Waals surface area contributed by atoms with Crippen LogP contribution in [-0.2, 0) is 17.1 Å². The molecule has 2 saturated heterocycles. The molecule has 0 spiro atoms. The topological polar surface area (TPSA) is 46.5 Å². The minimum atomic E-state index is -0.577. The van der Waals surface area contributed by atoms with Crippen LogP contribution in [0.2, 0.25) is 0 Å². The van der Waals surface area contributed by atoms with E-state index in [0.717, 1.165) is 13.1 Å². The molecular weight excluding hydrogens is 500 g/mol. The van der Waals surface area contributed by atoms with Gasteiger partial charge in [-0.05, 0) is 101 Å². The summed E-state index contributed by atoms with van der Waals surface area (Å²) in [5.41, 5.74) is -1.15. The van der Waals surface area contributed by atoms with Crippen LogP contribution in [-0.4, -0.2) is 68.5 Å². The van der Waals surface area contributed by atoms with Crippen molar-refractivity contribution in [3.05, 3.63) is 63.2 Å². The van der Waals surface area contributed by atoms with E-state index in [0.29, 0.717) is 24.2 Å². The fraction of sp³-hybridized carbons (Fsp3) is 0.688. The van der Waals surface area contributed by atoms with E-state index < -0.39 is 11.2 Å². The first-order valence-electron chi connectivity index (χ1n) is 14.1. The molecule has 10 radical (unpaired) electrons.